The molecule has 0 N–H and O–H groups in total. The number of unbranched alkanes of at least 4 members (excludes halogenated alkanes) is 3. The molecule has 0 saturated carbocycles. The number of carbonyl (C=O) groups excluding carboxylic acids is 1. The Morgan fingerprint density at radius 3 is 2.53 bits per heavy atom. The molecular weight excluding hydrogens is 396 g/mol. The van der Waals surface area contributed by atoms with Gasteiger partial charge in [0, 0.05) is 31.4 Å². The third kappa shape index (κ3) is 5.42. The first-order valence-corrected chi connectivity index (χ1v) is 12.0. The average Bonchev–Trinajstić information content (AvgIpc) is 3.21. The summed E-state index contributed by atoms with van der Waals surface area (Å²) < 4.78 is 8.28. The lowest BCUT2D eigenvalue weighted by Crippen LogP contribution is -2.35. The fraction of sp³-hybridized carbons (Fsp3) is 0.393. The molecule has 2 aromatic carbocycles. The van der Waals surface area contributed by atoms with Gasteiger partial charge >= 0.3 is 0 Å². The number of ether oxygens (including phenoxy) is 1. The quantitative estimate of drug-likeness (QED) is 0.370. The van der Waals surface area contributed by atoms with Gasteiger partial charge in [-0.2, -0.15) is 0 Å². The van der Waals surface area contributed by atoms with Crippen molar-refractivity contribution in [3.63, 3.8) is 0 Å². The molecule has 0 fully saturated rings. The highest BCUT2D eigenvalue weighted by Crippen LogP contribution is 2.33. The Bertz CT molecular complexity index is 978. The van der Waals surface area contributed by atoms with Crippen LogP contribution in [-0.4, -0.2) is 21.9 Å². The summed E-state index contributed by atoms with van der Waals surface area (Å²) in [5, 5.41) is 0. The van der Waals surface area contributed by atoms with Crippen LogP contribution in [0, 0.1) is 0 Å². The molecule has 0 radical (unpaired) electrons. The molecule has 2 heterocycles. The molecule has 4 rings (SSSR count). The van der Waals surface area contributed by atoms with E-state index >= 15 is 0 Å². The maximum absolute atomic E-state index is 13.2. The van der Waals surface area contributed by atoms with E-state index in [4.69, 9.17) is 4.74 Å². The van der Waals surface area contributed by atoms with Crippen molar-refractivity contribution in [2.75, 3.05) is 6.54 Å². The van der Waals surface area contributed by atoms with E-state index in [1.54, 1.807) is 0 Å². The maximum atomic E-state index is 13.2. The summed E-state index contributed by atoms with van der Waals surface area (Å²) in [5.74, 6) is 1.12. The Morgan fingerprint density at radius 2 is 1.75 bits per heavy atom. The number of carbonyl (C=O) groups is 1. The first-order valence-electron chi connectivity index (χ1n) is 12.0. The minimum atomic E-state index is -0.0469. The summed E-state index contributed by atoms with van der Waals surface area (Å²) in [7, 11) is 0. The van der Waals surface area contributed by atoms with Crippen LogP contribution in [0.25, 0.3) is 0 Å². The zero-order chi connectivity index (χ0) is 22.2. The number of amides is 1. The molecule has 1 amide bonds. The van der Waals surface area contributed by atoms with Gasteiger partial charge in [0.05, 0.1) is 6.04 Å². The number of hydrogen-bond donors (Lipinski definition) is 0. The fourth-order valence-electron chi connectivity index (χ4n) is 4.53. The number of aromatic nitrogens is 1. The molecule has 32 heavy (non-hydrogen) atoms. The van der Waals surface area contributed by atoms with Crippen LogP contribution in [0.2, 0.25) is 0 Å². The third-order valence-electron chi connectivity index (χ3n) is 6.26. The van der Waals surface area contributed by atoms with Gasteiger partial charge in [0.15, 0.2) is 0 Å². The molecule has 0 saturated heterocycles. The molecule has 3 aromatic rings. The molecule has 1 aromatic heterocycles. The van der Waals surface area contributed by atoms with Gasteiger partial charge in [-0.1, -0.05) is 68.7 Å². The zero-order valence-corrected chi connectivity index (χ0v) is 19.1. The van der Waals surface area contributed by atoms with Crippen molar-refractivity contribution in [1.29, 1.82) is 0 Å². The summed E-state index contributed by atoms with van der Waals surface area (Å²) in [6.07, 6.45) is 8.24. The van der Waals surface area contributed by atoms with Crippen LogP contribution in [0.3, 0.4) is 0 Å². The Kier molecular flexibility index (Phi) is 7.65. The molecule has 0 spiro atoms. The Labute approximate surface area is 191 Å². The van der Waals surface area contributed by atoms with Crippen molar-refractivity contribution < 1.29 is 9.53 Å². The van der Waals surface area contributed by atoms with E-state index in [9.17, 15) is 4.79 Å². The predicted octanol–water partition coefficient (Wildman–Crippen LogP) is 6.36. The second-order valence-electron chi connectivity index (χ2n) is 8.62. The van der Waals surface area contributed by atoms with E-state index in [0.29, 0.717) is 13.0 Å². The number of fused-ring (bicyclic) bond motifs is 1. The van der Waals surface area contributed by atoms with Crippen molar-refractivity contribution in [3.8, 4) is 5.75 Å². The smallest absolute Gasteiger partial charge is 0.223 e. The fourth-order valence-corrected chi connectivity index (χ4v) is 4.53. The Balaban J connectivity index is 1.51. The summed E-state index contributed by atoms with van der Waals surface area (Å²) in [6.45, 7) is 4.50. The SMILES string of the molecule is CCCCCCC(=O)N1CCCn2cccc2C1c1ccc(OCc2ccccc2)cc1. The highest BCUT2D eigenvalue weighted by molar-refractivity contribution is 5.77. The van der Waals surface area contributed by atoms with Crippen LogP contribution >= 0.6 is 0 Å². The zero-order valence-electron chi connectivity index (χ0n) is 19.1. The van der Waals surface area contributed by atoms with Crippen molar-refractivity contribution in [2.45, 2.75) is 64.6 Å². The second-order valence-corrected chi connectivity index (χ2v) is 8.62. The number of hydrogen-bond acceptors (Lipinski definition) is 2. The highest BCUT2D eigenvalue weighted by Gasteiger charge is 2.30. The average molecular weight is 431 g/mol. The number of aryl methyl sites for hydroxylation is 1. The first kappa shape index (κ1) is 22.2. The standard InChI is InChI=1S/C28H34N2O2/c1-2-3-4-8-14-27(31)30-21-10-20-29-19-9-13-26(29)28(30)24-15-17-25(18-16-24)32-22-23-11-6-5-7-12-23/h5-7,9,11-13,15-19,28H,2-4,8,10,14,20-22H2,1H3. The maximum Gasteiger partial charge on any atom is 0.223 e. The van der Waals surface area contributed by atoms with Crippen LogP contribution in [0.5, 0.6) is 5.75 Å². The van der Waals surface area contributed by atoms with Gasteiger partial charge in [-0.15, -0.1) is 0 Å². The monoisotopic (exact) mass is 430 g/mol. The minimum absolute atomic E-state index is 0.0469. The summed E-state index contributed by atoms with van der Waals surface area (Å²) in [6, 6.07) is 22.7. The number of nitrogens with zero attached hydrogens (tertiary/aromatic N) is 2. The van der Waals surface area contributed by atoms with E-state index in [1.807, 2.05) is 30.3 Å². The van der Waals surface area contributed by atoms with Gasteiger partial charge in [0.1, 0.15) is 12.4 Å². The normalized spacial score (nSPS) is 15.8. The molecular formula is C28H34N2O2. The van der Waals surface area contributed by atoms with Crippen LogP contribution < -0.4 is 4.74 Å². The van der Waals surface area contributed by atoms with Gasteiger partial charge < -0.3 is 14.2 Å². The van der Waals surface area contributed by atoms with Crippen LogP contribution in [-0.2, 0) is 17.9 Å². The van der Waals surface area contributed by atoms with E-state index in [2.05, 4.69) is 59.0 Å². The third-order valence-corrected chi connectivity index (χ3v) is 6.26. The molecule has 0 bridgehead atoms. The van der Waals surface area contributed by atoms with Crippen LogP contribution in [0.1, 0.15) is 68.3 Å². The van der Waals surface area contributed by atoms with Crippen LogP contribution in [0.15, 0.2) is 72.9 Å². The van der Waals surface area contributed by atoms with E-state index < -0.39 is 0 Å². The minimum Gasteiger partial charge on any atom is -0.489 e. The molecule has 4 nitrogen and oxygen atoms in total. The van der Waals surface area contributed by atoms with Crippen molar-refractivity contribution >= 4 is 5.91 Å². The lowest BCUT2D eigenvalue weighted by molar-refractivity contribution is -0.133. The molecule has 1 aliphatic rings. The summed E-state index contributed by atoms with van der Waals surface area (Å²) in [4.78, 5) is 15.3. The molecule has 4 heteroatoms. The Morgan fingerprint density at radius 1 is 0.938 bits per heavy atom. The lowest BCUT2D eigenvalue weighted by Gasteiger charge is -2.31. The number of benzene rings is 2. The molecule has 168 valence electrons. The lowest BCUT2D eigenvalue weighted by atomic mass is 10.0. The van der Waals surface area contributed by atoms with Crippen molar-refractivity contribution in [1.82, 2.24) is 9.47 Å². The largest absolute Gasteiger partial charge is 0.489 e. The summed E-state index contributed by atoms with van der Waals surface area (Å²) in [5.41, 5.74) is 3.49. The van der Waals surface area contributed by atoms with Crippen molar-refractivity contribution in [2.24, 2.45) is 0 Å². The predicted molar refractivity (Wildman–Crippen MR) is 129 cm³/mol. The van der Waals surface area contributed by atoms with Gasteiger partial charge in [-0.05, 0) is 48.2 Å². The molecule has 0 aliphatic carbocycles. The molecule has 1 aliphatic heterocycles. The van der Waals surface area contributed by atoms with Crippen LogP contribution in [0.4, 0.5) is 0 Å². The van der Waals surface area contributed by atoms with E-state index in [0.717, 1.165) is 49.2 Å². The number of rotatable bonds is 9. The Hall–Kier alpha value is -3.01. The molecule has 1 atom stereocenters. The second kappa shape index (κ2) is 11.0. The topological polar surface area (TPSA) is 34.5 Å². The van der Waals surface area contributed by atoms with E-state index in [1.165, 1.54) is 18.5 Å². The van der Waals surface area contributed by atoms with Gasteiger partial charge in [0.25, 0.3) is 0 Å². The van der Waals surface area contributed by atoms with Gasteiger partial charge in [-0.3, -0.25) is 4.79 Å². The first-order chi connectivity index (χ1) is 15.8. The van der Waals surface area contributed by atoms with Gasteiger partial charge in [-0.25, -0.2) is 0 Å². The van der Waals surface area contributed by atoms with Crippen molar-refractivity contribution in [3.05, 3.63) is 89.7 Å². The summed E-state index contributed by atoms with van der Waals surface area (Å²) >= 11 is 0. The molecule has 1 unspecified atom stereocenters. The van der Waals surface area contributed by atoms with Gasteiger partial charge in [0.2, 0.25) is 5.91 Å². The highest BCUT2D eigenvalue weighted by atomic mass is 16.5. The van der Waals surface area contributed by atoms with E-state index in [-0.39, 0.29) is 11.9 Å².